The Kier molecular flexibility index (Phi) is 4.96. The first-order valence-electron chi connectivity index (χ1n) is 7.57. The quantitative estimate of drug-likeness (QED) is 0.700. The highest BCUT2D eigenvalue weighted by Crippen LogP contribution is 2.17. The molecule has 0 aliphatic heterocycles. The molecule has 2 N–H and O–H groups in total. The third-order valence-electron chi connectivity index (χ3n) is 3.62. The summed E-state index contributed by atoms with van der Waals surface area (Å²) >= 11 is 1.65. The van der Waals surface area contributed by atoms with Crippen molar-refractivity contribution >= 4 is 34.3 Å². The predicted molar refractivity (Wildman–Crippen MR) is 97.5 cm³/mol. The van der Waals surface area contributed by atoms with Crippen LogP contribution in [0.2, 0.25) is 0 Å². The van der Waals surface area contributed by atoms with E-state index in [-0.39, 0.29) is 17.9 Å². The fourth-order valence-electron chi connectivity index (χ4n) is 2.38. The summed E-state index contributed by atoms with van der Waals surface area (Å²) in [5.41, 5.74) is 1.23. The first kappa shape index (κ1) is 16.3. The van der Waals surface area contributed by atoms with E-state index in [2.05, 4.69) is 15.3 Å². The number of H-pyrrole nitrogens is 1. The lowest BCUT2D eigenvalue weighted by atomic mass is 10.2. The predicted octanol–water partition coefficient (Wildman–Crippen LogP) is 3.22. The van der Waals surface area contributed by atoms with E-state index in [1.165, 1.54) is 0 Å². The maximum atomic E-state index is 12.1. The second kappa shape index (κ2) is 7.31. The Hall–Kier alpha value is -2.60. The van der Waals surface area contributed by atoms with Crippen LogP contribution < -0.4 is 10.9 Å². The largest absolute Gasteiger partial charge is 0.326 e. The van der Waals surface area contributed by atoms with Gasteiger partial charge in [0, 0.05) is 23.4 Å². The average Bonchev–Trinajstić information content (AvgIpc) is 2.61. The minimum atomic E-state index is -0.177. The van der Waals surface area contributed by atoms with Gasteiger partial charge in [0.25, 0.3) is 5.56 Å². The molecule has 0 saturated heterocycles. The number of hydrogen-bond donors (Lipinski definition) is 2. The lowest BCUT2D eigenvalue weighted by Crippen LogP contribution is -2.16. The van der Waals surface area contributed by atoms with Gasteiger partial charge >= 0.3 is 0 Å². The first-order valence-corrected chi connectivity index (χ1v) is 8.80. The van der Waals surface area contributed by atoms with Gasteiger partial charge in [-0.2, -0.15) is 0 Å². The summed E-state index contributed by atoms with van der Waals surface area (Å²) in [6.45, 7) is 0. The van der Waals surface area contributed by atoms with E-state index in [0.29, 0.717) is 23.1 Å². The number of nitrogens with zero attached hydrogens (tertiary/aromatic N) is 1. The number of aromatic nitrogens is 2. The highest BCUT2D eigenvalue weighted by Gasteiger charge is 2.07. The minimum absolute atomic E-state index is 0.109. The molecule has 0 aliphatic carbocycles. The monoisotopic (exact) mass is 339 g/mol. The van der Waals surface area contributed by atoms with E-state index >= 15 is 0 Å². The number of fused-ring (bicyclic) bond motifs is 1. The molecule has 0 spiro atoms. The van der Waals surface area contributed by atoms with Crippen molar-refractivity contribution in [3.05, 3.63) is 64.7 Å². The van der Waals surface area contributed by atoms with Crippen molar-refractivity contribution in [2.45, 2.75) is 17.7 Å². The number of benzene rings is 2. The molecule has 6 heteroatoms. The molecule has 0 atom stereocenters. The fourth-order valence-corrected chi connectivity index (χ4v) is 2.79. The van der Waals surface area contributed by atoms with Crippen molar-refractivity contribution in [1.29, 1.82) is 0 Å². The SMILES string of the molecule is CSc1ccc(NC(=O)CCc2nc3ccccc3c(=O)[nH]2)cc1. The highest BCUT2D eigenvalue weighted by atomic mass is 32.2. The van der Waals surface area contributed by atoms with Crippen LogP contribution in [0.25, 0.3) is 10.9 Å². The Bertz CT molecular complexity index is 919. The zero-order valence-corrected chi connectivity index (χ0v) is 14.0. The Morgan fingerprint density at radius 3 is 2.67 bits per heavy atom. The van der Waals surface area contributed by atoms with Crippen molar-refractivity contribution < 1.29 is 4.79 Å². The molecular formula is C18H17N3O2S. The lowest BCUT2D eigenvalue weighted by Gasteiger charge is -2.06. The normalized spacial score (nSPS) is 10.7. The number of aryl methyl sites for hydroxylation is 1. The standard InChI is InChI=1S/C18H17N3O2S/c1-24-13-8-6-12(7-9-13)19-17(22)11-10-16-20-15-5-3-2-4-14(15)18(23)21-16/h2-9H,10-11H2,1H3,(H,19,22)(H,20,21,23). The van der Waals surface area contributed by atoms with Crippen LogP contribution in [0.3, 0.4) is 0 Å². The van der Waals surface area contributed by atoms with Crippen molar-refractivity contribution in [3.8, 4) is 0 Å². The number of anilines is 1. The molecule has 2 aromatic carbocycles. The van der Waals surface area contributed by atoms with E-state index in [1.54, 1.807) is 30.0 Å². The Morgan fingerprint density at radius 1 is 1.17 bits per heavy atom. The van der Waals surface area contributed by atoms with Gasteiger partial charge in [-0.25, -0.2) is 4.98 Å². The molecule has 0 radical (unpaired) electrons. The van der Waals surface area contributed by atoms with Crippen molar-refractivity contribution in [1.82, 2.24) is 9.97 Å². The van der Waals surface area contributed by atoms with Gasteiger partial charge in [-0.05, 0) is 42.7 Å². The van der Waals surface area contributed by atoms with E-state index < -0.39 is 0 Å². The molecule has 0 aliphatic rings. The van der Waals surface area contributed by atoms with Gasteiger partial charge < -0.3 is 10.3 Å². The molecule has 0 bridgehead atoms. The maximum absolute atomic E-state index is 12.1. The Morgan fingerprint density at radius 2 is 1.92 bits per heavy atom. The van der Waals surface area contributed by atoms with Gasteiger partial charge in [-0.3, -0.25) is 9.59 Å². The number of hydrogen-bond acceptors (Lipinski definition) is 4. The van der Waals surface area contributed by atoms with Crippen LogP contribution in [0.1, 0.15) is 12.2 Å². The van der Waals surface area contributed by atoms with E-state index in [9.17, 15) is 9.59 Å². The second-order valence-electron chi connectivity index (χ2n) is 5.31. The molecule has 122 valence electrons. The molecule has 3 rings (SSSR count). The average molecular weight is 339 g/mol. The van der Waals surface area contributed by atoms with Crippen LogP contribution in [0.15, 0.2) is 58.2 Å². The number of nitrogens with one attached hydrogen (secondary N) is 2. The first-order chi connectivity index (χ1) is 11.7. The molecule has 1 amide bonds. The van der Waals surface area contributed by atoms with Crippen molar-refractivity contribution in [3.63, 3.8) is 0 Å². The number of aromatic amines is 1. The molecule has 3 aromatic rings. The topological polar surface area (TPSA) is 74.8 Å². The van der Waals surface area contributed by atoms with Gasteiger partial charge in [0.15, 0.2) is 0 Å². The number of para-hydroxylation sites is 1. The second-order valence-corrected chi connectivity index (χ2v) is 6.19. The number of amides is 1. The molecule has 0 unspecified atom stereocenters. The van der Waals surface area contributed by atoms with Gasteiger partial charge in [0.05, 0.1) is 10.9 Å². The van der Waals surface area contributed by atoms with Crippen LogP contribution >= 0.6 is 11.8 Å². The van der Waals surface area contributed by atoms with Gasteiger partial charge in [-0.15, -0.1) is 11.8 Å². The van der Waals surface area contributed by atoms with Crippen LogP contribution in [0.5, 0.6) is 0 Å². The zero-order chi connectivity index (χ0) is 16.9. The summed E-state index contributed by atoms with van der Waals surface area (Å²) < 4.78 is 0. The fraction of sp³-hybridized carbons (Fsp3) is 0.167. The molecule has 24 heavy (non-hydrogen) atoms. The minimum Gasteiger partial charge on any atom is -0.326 e. The molecular weight excluding hydrogens is 322 g/mol. The summed E-state index contributed by atoms with van der Waals surface area (Å²) in [5, 5.41) is 3.40. The molecule has 1 aromatic heterocycles. The van der Waals surface area contributed by atoms with Gasteiger partial charge in [0.1, 0.15) is 5.82 Å². The number of carbonyl (C=O) groups is 1. The van der Waals surface area contributed by atoms with E-state index in [0.717, 1.165) is 10.6 Å². The van der Waals surface area contributed by atoms with Crippen LogP contribution in [-0.2, 0) is 11.2 Å². The molecule has 1 heterocycles. The van der Waals surface area contributed by atoms with E-state index in [1.807, 2.05) is 36.6 Å². The summed E-state index contributed by atoms with van der Waals surface area (Å²) in [5.74, 6) is 0.411. The summed E-state index contributed by atoms with van der Waals surface area (Å²) in [6, 6.07) is 14.8. The molecule has 5 nitrogen and oxygen atoms in total. The maximum Gasteiger partial charge on any atom is 0.258 e. The highest BCUT2D eigenvalue weighted by molar-refractivity contribution is 7.98. The smallest absolute Gasteiger partial charge is 0.258 e. The van der Waals surface area contributed by atoms with E-state index in [4.69, 9.17) is 0 Å². The van der Waals surface area contributed by atoms with Gasteiger partial charge in [-0.1, -0.05) is 12.1 Å². The number of thioether (sulfide) groups is 1. The Labute approximate surface area is 143 Å². The van der Waals surface area contributed by atoms with Crippen molar-refractivity contribution in [2.75, 3.05) is 11.6 Å². The van der Waals surface area contributed by atoms with Crippen molar-refractivity contribution in [2.24, 2.45) is 0 Å². The summed E-state index contributed by atoms with van der Waals surface area (Å²) in [7, 11) is 0. The third-order valence-corrected chi connectivity index (χ3v) is 4.37. The summed E-state index contributed by atoms with van der Waals surface area (Å²) in [4.78, 5) is 32.3. The summed E-state index contributed by atoms with van der Waals surface area (Å²) in [6.07, 6.45) is 2.64. The lowest BCUT2D eigenvalue weighted by molar-refractivity contribution is -0.116. The Balaban J connectivity index is 1.64. The van der Waals surface area contributed by atoms with Gasteiger partial charge in [0.2, 0.25) is 5.91 Å². The number of carbonyl (C=O) groups excluding carboxylic acids is 1. The number of rotatable bonds is 5. The molecule has 0 saturated carbocycles. The van der Waals surface area contributed by atoms with Crippen LogP contribution in [0, 0.1) is 0 Å². The zero-order valence-electron chi connectivity index (χ0n) is 13.2. The van der Waals surface area contributed by atoms with Crippen LogP contribution in [-0.4, -0.2) is 22.1 Å². The third kappa shape index (κ3) is 3.83. The molecule has 0 fully saturated rings. The van der Waals surface area contributed by atoms with Crippen LogP contribution in [0.4, 0.5) is 5.69 Å².